The number of fused-ring (bicyclic) bond motifs is 3. The van der Waals surface area contributed by atoms with E-state index in [1.165, 1.54) is 0 Å². The molecular weight excluding hydrogens is 204 g/mol. The Morgan fingerprint density at radius 2 is 2.25 bits per heavy atom. The molecule has 2 aliphatic rings. The van der Waals surface area contributed by atoms with Gasteiger partial charge in [-0.25, -0.2) is 0 Å². The van der Waals surface area contributed by atoms with Crippen LogP contribution < -0.4 is 5.32 Å². The largest absolute Gasteiger partial charge is 0.357 e. The van der Waals surface area contributed by atoms with Crippen molar-refractivity contribution in [1.29, 1.82) is 0 Å². The Hall–Kier alpha value is -1.39. The van der Waals surface area contributed by atoms with E-state index in [1.807, 2.05) is 24.3 Å². The molecule has 4 heteroatoms. The van der Waals surface area contributed by atoms with Gasteiger partial charge >= 0.3 is 0 Å². The second kappa shape index (κ2) is 3.57. The van der Waals surface area contributed by atoms with E-state index in [4.69, 9.17) is 4.74 Å². The Kier molecular flexibility index (Phi) is 2.19. The van der Waals surface area contributed by atoms with Crippen LogP contribution in [-0.2, 0) is 9.53 Å². The van der Waals surface area contributed by atoms with E-state index in [2.05, 4.69) is 17.1 Å². The van der Waals surface area contributed by atoms with Crippen LogP contribution in [-0.4, -0.2) is 30.0 Å². The lowest BCUT2D eigenvalue weighted by molar-refractivity contribution is -0.118. The summed E-state index contributed by atoms with van der Waals surface area (Å²) < 4.78 is 5.76. The molecule has 2 atom stereocenters. The van der Waals surface area contributed by atoms with Gasteiger partial charge in [-0.05, 0) is 13.0 Å². The molecule has 0 aliphatic carbocycles. The number of para-hydroxylation sites is 1. The summed E-state index contributed by atoms with van der Waals surface area (Å²) >= 11 is 0. The quantitative estimate of drug-likeness (QED) is 0.715. The highest BCUT2D eigenvalue weighted by Gasteiger charge is 2.37. The maximum absolute atomic E-state index is 11.7. The zero-order valence-corrected chi connectivity index (χ0v) is 9.14. The van der Waals surface area contributed by atoms with Crippen LogP contribution in [0, 0.1) is 0 Å². The van der Waals surface area contributed by atoms with Crippen LogP contribution in [0.4, 0.5) is 5.69 Å². The molecule has 0 radical (unpaired) electrons. The lowest BCUT2D eigenvalue weighted by atomic mass is 10.1. The molecule has 3 rings (SSSR count). The monoisotopic (exact) mass is 218 g/mol. The van der Waals surface area contributed by atoms with Gasteiger partial charge < -0.3 is 10.1 Å². The van der Waals surface area contributed by atoms with Crippen LogP contribution in [0.3, 0.4) is 0 Å². The minimum atomic E-state index is -0.0786. The van der Waals surface area contributed by atoms with E-state index in [1.54, 1.807) is 0 Å². The molecule has 4 nitrogen and oxygen atoms in total. The second-order valence-electron chi connectivity index (χ2n) is 4.34. The first kappa shape index (κ1) is 9.81. The van der Waals surface area contributed by atoms with Crippen LogP contribution in [0.2, 0.25) is 0 Å². The number of carbonyl (C=O) groups is 1. The van der Waals surface area contributed by atoms with Crippen molar-refractivity contribution in [3.05, 3.63) is 29.8 Å². The zero-order valence-electron chi connectivity index (χ0n) is 9.14. The number of benzene rings is 1. The molecule has 0 spiro atoms. The summed E-state index contributed by atoms with van der Waals surface area (Å²) in [6.07, 6.45) is -0.0786. The van der Waals surface area contributed by atoms with Crippen LogP contribution in [0.15, 0.2) is 24.3 Å². The summed E-state index contributed by atoms with van der Waals surface area (Å²) in [7, 11) is 0. The van der Waals surface area contributed by atoms with Crippen molar-refractivity contribution in [2.75, 3.05) is 18.5 Å². The van der Waals surface area contributed by atoms with Crippen LogP contribution >= 0.6 is 0 Å². The first-order chi connectivity index (χ1) is 7.75. The molecular formula is C12H14N2O2. The van der Waals surface area contributed by atoms with E-state index >= 15 is 0 Å². The molecule has 2 aliphatic heterocycles. The predicted molar refractivity (Wildman–Crippen MR) is 59.9 cm³/mol. The maximum atomic E-state index is 11.7. The maximum Gasteiger partial charge on any atom is 0.238 e. The fourth-order valence-corrected chi connectivity index (χ4v) is 2.34. The van der Waals surface area contributed by atoms with Crippen LogP contribution in [0.1, 0.15) is 18.7 Å². The van der Waals surface area contributed by atoms with Gasteiger partial charge in [0.25, 0.3) is 0 Å². The minimum absolute atomic E-state index is 0.0345. The van der Waals surface area contributed by atoms with Gasteiger partial charge in [0.2, 0.25) is 5.91 Å². The molecule has 1 aromatic carbocycles. The molecule has 2 heterocycles. The molecule has 0 aromatic heterocycles. The molecule has 1 fully saturated rings. The summed E-state index contributed by atoms with van der Waals surface area (Å²) in [6.45, 7) is 3.17. The third-order valence-corrected chi connectivity index (χ3v) is 3.19. The van der Waals surface area contributed by atoms with Crippen molar-refractivity contribution in [2.24, 2.45) is 0 Å². The van der Waals surface area contributed by atoms with Gasteiger partial charge in [0, 0.05) is 17.3 Å². The Morgan fingerprint density at radius 3 is 3.12 bits per heavy atom. The zero-order chi connectivity index (χ0) is 11.1. The average molecular weight is 218 g/mol. The summed E-state index contributed by atoms with van der Waals surface area (Å²) in [5, 5.41) is 2.91. The highest BCUT2D eigenvalue weighted by Crippen LogP contribution is 2.36. The van der Waals surface area contributed by atoms with Crippen molar-refractivity contribution in [3.63, 3.8) is 0 Å². The normalized spacial score (nSPS) is 29.2. The molecule has 16 heavy (non-hydrogen) atoms. The Balaban J connectivity index is 2.07. The summed E-state index contributed by atoms with van der Waals surface area (Å²) in [4.78, 5) is 13.8. The SMILES string of the molecule is CC1COC2c3ccccc3NC(=O)CN12. The number of rotatable bonds is 0. The number of ether oxygens (including phenoxy) is 1. The van der Waals surface area contributed by atoms with E-state index in [-0.39, 0.29) is 12.1 Å². The lowest BCUT2D eigenvalue weighted by Crippen LogP contribution is -2.35. The van der Waals surface area contributed by atoms with Crippen molar-refractivity contribution in [2.45, 2.75) is 19.2 Å². The van der Waals surface area contributed by atoms with Crippen molar-refractivity contribution in [3.8, 4) is 0 Å². The number of nitrogens with zero attached hydrogens (tertiary/aromatic N) is 1. The highest BCUT2D eigenvalue weighted by atomic mass is 16.5. The third-order valence-electron chi connectivity index (χ3n) is 3.19. The highest BCUT2D eigenvalue weighted by molar-refractivity contribution is 5.93. The molecule has 2 unspecified atom stereocenters. The van der Waals surface area contributed by atoms with Gasteiger partial charge in [-0.15, -0.1) is 0 Å². The van der Waals surface area contributed by atoms with Gasteiger partial charge in [-0.2, -0.15) is 0 Å². The Bertz CT molecular complexity index is 433. The van der Waals surface area contributed by atoms with Gasteiger partial charge in [0.1, 0.15) is 6.23 Å². The molecule has 1 aromatic rings. The van der Waals surface area contributed by atoms with Gasteiger partial charge in [0.05, 0.1) is 13.2 Å². The van der Waals surface area contributed by atoms with E-state index in [9.17, 15) is 4.79 Å². The Morgan fingerprint density at radius 1 is 1.44 bits per heavy atom. The van der Waals surface area contributed by atoms with Gasteiger partial charge in [-0.3, -0.25) is 9.69 Å². The topological polar surface area (TPSA) is 41.6 Å². The number of carbonyl (C=O) groups excluding carboxylic acids is 1. The number of hydrogen-bond acceptors (Lipinski definition) is 3. The van der Waals surface area contributed by atoms with E-state index in [0.717, 1.165) is 11.3 Å². The van der Waals surface area contributed by atoms with Crippen molar-refractivity contribution >= 4 is 11.6 Å². The van der Waals surface area contributed by atoms with Crippen molar-refractivity contribution < 1.29 is 9.53 Å². The molecule has 1 saturated heterocycles. The first-order valence-corrected chi connectivity index (χ1v) is 5.52. The number of amides is 1. The summed E-state index contributed by atoms with van der Waals surface area (Å²) in [5.74, 6) is 0.0345. The fraction of sp³-hybridized carbons (Fsp3) is 0.417. The minimum Gasteiger partial charge on any atom is -0.357 e. The second-order valence-corrected chi connectivity index (χ2v) is 4.34. The molecule has 1 N–H and O–H groups in total. The van der Waals surface area contributed by atoms with E-state index < -0.39 is 0 Å². The van der Waals surface area contributed by atoms with Gasteiger partial charge in [0.15, 0.2) is 0 Å². The van der Waals surface area contributed by atoms with Crippen LogP contribution in [0.25, 0.3) is 0 Å². The summed E-state index contributed by atoms with van der Waals surface area (Å²) in [6, 6.07) is 8.12. The molecule has 0 saturated carbocycles. The standard InChI is InChI=1S/C12H14N2O2/c1-8-7-16-12-9-4-2-3-5-10(9)13-11(15)6-14(8)12/h2-5,8,12H,6-7H2,1H3,(H,13,15). The summed E-state index contributed by atoms with van der Waals surface area (Å²) in [5.41, 5.74) is 1.92. The smallest absolute Gasteiger partial charge is 0.238 e. The average Bonchev–Trinajstić information content (AvgIpc) is 2.56. The molecule has 84 valence electrons. The third kappa shape index (κ3) is 1.42. The number of hydrogen-bond donors (Lipinski definition) is 1. The molecule has 1 amide bonds. The first-order valence-electron chi connectivity index (χ1n) is 5.52. The number of nitrogens with one attached hydrogen (secondary N) is 1. The molecule has 0 bridgehead atoms. The fourth-order valence-electron chi connectivity index (χ4n) is 2.34. The lowest BCUT2D eigenvalue weighted by Gasteiger charge is -2.22. The van der Waals surface area contributed by atoms with Crippen molar-refractivity contribution in [1.82, 2.24) is 4.90 Å². The van der Waals surface area contributed by atoms with Gasteiger partial charge in [-0.1, -0.05) is 18.2 Å². The predicted octanol–water partition coefficient (Wildman–Crippen LogP) is 1.36. The number of anilines is 1. The van der Waals surface area contributed by atoms with E-state index in [0.29, 0.717) is 19.2 Å². The van der Waals surface area contributed by atoms with Crippen LogP contribution in [0.5, 0.6) is 0 Å². The Labute approximate surface area is 94.2 Å².